The van der Waals surface area contributed by atoms with E-state index in [2.05, 4.69) is 15.3 Å². The number of nitrogens with one attached hydrogen (secondary N) is 1. The topological polar surface area (TPSA) is 86.1 Å². The van der Waals surface area contributed by atoms with Crippen molar-refractivity contribution in [2.75, 3.05) is 0 Å². The molecule has 29 heavy (non-hydrogen) atoms. The van der Waals surface area contributed by atoms with Crippen molar-refractivity contribution >= 4 is 40.2 Å². The molecule has 2 aromatic heterocycles. The van der Waals surface area contributed by atoms with Gasteiger partial charge >= 0.3 is 6.09 Å². The van der Waals surface area contributed by atoms with E-state index in [9.17, 15) is 9.59 Å². The molecule has 0 saturated heterocycles. The number of benzene rings is 1. The number of halogens is 2. The molecule has 0 aliphatic carbocycles. The third-order valence-corrected chi connectivity index (χ3v) is 4.59. The van der Waals surface area contributed by atoms with Crippen LogP contribution in [-0.2, 0) is 4.74 Å². The van der Waals surface area contributed by atoms with Gasteiger partial charge < -0.3 is 10.1 Å². The summed E-state index contributed by atoms with van der Waals surface area (Å²) in [6.07, 6.45) is 2.49. The van der Waals surface area contributed by atoms with Crippen LogP contribution in [0.1, 0.15) is 39.6 Å². The molecule has 0 spiro atoms. The zero-order valence-corrected chi connectivity index (χ0v) is 17.9. The zero-order valence-electron chi connectivity index (χ0n) is 16.4. The molecule has 2 heterocycles. The molecule has 7 nitrogen and oxygen atoms in total. The maximum absolute atomic E-state index is 13.3. The first kappa shape index (κ1) is 21.1. The van der Waals surface area contributed by atoms with E-state index in [1.807, 2.05) is 0 Å². The summed E-state index contributed by atoms with van der Waals surface area (Å²) >= 11 is 12.5. The van der Waals surface area contributed by atoms with Crippen molar-refractivity contribution in [2.24, 2.45) is 0 Å². The van der Waals surface area contributed by atoms with Gasteiger partial charge in [0.15, 0.2) is 0 Å². The molecule has 0 radical (unpaired) electrons. The Balaban J connectivity index is 2.21. The van der Waals surface area contributed by atoms with E-state index in [1.54, 1.807) is 58.2 Å². The predicted octanol–water partition coefficient (Wildman–Crippen LogP) is 4.67. The second-order valence-corrected chi connectivity index (χ2v) is 8.26. The summed E-state index contributed by atoms with van der Waals surface area (Å²) in [4.78, 5) is 34.2. The fourth-order valence-electron chi connectivity index (χ4n) is 2.81. The van der Waals surface area contributed by atoms with Crippen LogP contribution >= 0.6 is 23.2 Å². The highest BCUT2D eigenvalue weighted by molar-refractivity contribution is 6.39. The molecule has 0 aliphatic rings. The lowest BCUT2D eigenvalue weighted by molar-refractivity contribution is 0.0505. The Morgan fingerprint density at radius 1 is 1.21 bits per heavy atom. The molecule has 0 bridgehead atoms. The Hall–Kier alpha value is -2.64. The summed E-state index contributed by atoms with van der Waals surface area (Å²) in [6.45, 7) is 6.99. The number of alkyl carbamates (subject to hydrolysis) is 1. The molecule has 3 rings (SSSR count). The van der Waals surface area contributed by atoms with Gasteiger partial charge in [-0.15, -0.1) is 0 Å². The van der Waals surface area contributed by atoms with Crippen LogP contribution in [0.25, 0.3) is 16.6 Å². The number of amides is 1. The number of hydrogen-bond acceptors (Lipinski definition) is 5. The molecule has 152 valence electrons. The third-order valence-electron chi connectivity index (χ3n) is 3.97. The third kappa shape index (κ3) is 4.52. The summed E-state index contributed by atoms with van der Waals surface area (Å²) in [5, 5.41) is 3.42. The lowest BCUT2D eigenvalue weighted by atomic mass is 10.2. The van der Waals surface area contributed by atoms with E-state index in [-0.39, 0.29) is 26.8 Å². The van der Waals surface area contributed by atoms with Crippen LogP contribution in [-0.4, -0.2) is 26.2 Å². The van der Waals surface area contributed by atoms with Crippen LogP contribution in [0, 0.1) is 0 Å². The highest BCUT2D eigenvalue weighted by Gasteiger charge is 2.24. The van der Waals surface area contributed by atoms with Crippen LogP contribution in [0.15, 0.2) is 41.5 Å². The number of nitrogens with zero attached hydrogens (tertiary/aromatic N) is 3. The zero-order chi connectivity index (χ0) is 21.3. The van der Waals surface area contributed by atoms with Crippen molar-refractivity contribution < 1.29 is 9.53 Å². The van der Waals surface area contributed by atoms with Crippen molar-refractivity contribution in [1.82, 2.24) is 19.9 Å². The molecule has 1 atom stereocenters. The number of ether oxygens (including phenoxy) is 1. The fraction of sp³-hybridized carbons (Fsp3) is 0.300. The molecular formula is C20H20Cl2N4O3. The highest BCUT2D eigenvalue weighted by atomic mass is 35.5. The van der Waals surface area contributed by atoms with E-state index in [1.165, 1.54) is 10.8 Å². The SMILES string of the molecule is C[C@H](NC(=O)OC(C)(C)C)c1nc2c(Cl)ccc(Cl)c2c(=O)n1-c1cccnc1. The Morgan fingerprint density at radius 2 is 1.90 bits per heavy atom. The van der Waals surface area contributed by atoms with Crippen LogP contribution in [0.2, 0.25) is 10.0 Å². The van der Waals surface area contributed by atoms with Crippen LogP contribution in [0.5, 0.6) is 0 Å². The molecule has 0 fully saturated rings. The van der Waals surface area contributed by atoms with E-state index >= 15 is 0 Å². The normalized spacial score (nSPS) is 12.6. The van der Waals surface area contributed by atoms with E-state index in [4.69, 9.17) is 27.9 Å². The Bertz CT molecular complexity index is 1120. The largest absolute Gasteiger partial charge is 0.444 e. The lowest BCUT2D eigenvalue weighted by Gasteiger charge is -2.23. The summed E-state index contributed by atoms with van der Waals surface area (Å²) in [6, 6.07) is 5.86. The average Bonchev–Trinajstić information content (AvgIpc) is 2.63. The lowest BCUT2D eigenvalue weighted by Crippen LogP contribution is -2.37. The maximum Gasteiger partial charge on any atom is 0.408 e. The number of pyridine rings is 1. The Kier molecular flexibility index (Phi) is 5.82. The van der Waals surface area contributed by atoms with Crippen molar-refractivity contribution in [3.8, 4) is 5.69 Å². The van der Waals surface area contributed by atoms with Crippen LogP contribution in [0.3, 0.4) is 0 Å². The van der Waals surface area contributed by atoms with E-state index in [0.29, 0.717) is 5.69 Å². The summed E-state index contributed by atoms with van der Waals surface area (Å²) in [7, 11) is 0. The maximum atomic E-state index is 13.3. The summed E-state index contributed by atoms with van der Waals surface area (Å²) in [5.41, 5.74) is -0.336. The minimum Gasteiger partial charge on any atom is -0.444 e. The smallest absolute Gasteiger partial charge is 0.408 e. The highest BCUT2D eigenvalue weighted by Crippen LogP contribution is 2.28. The molecule has 1 N–H and O–H groups in total. The fourth-order valence-corrected chi connectivity index (χ4v) is 3.24. The Labute approximate surface area is 177 Å². The minimum absolute atomic E-state index is 0.191. The van der Waals surface area contributed by atoms with Gasteiger partial charge in [-0.25, -0.2) is 9.78 Å². The quantitative estimate of drug-likeness (QED) is 0.646. The van der Waals surface area contributed by atoms with Gasteiger partial charge in [0, 0.05) is 6.20 Å². The van der Waals surface area contributed by atoms with Crippen LogP contribution in [0.4, 0.5) is 4.79 Å². The van der Waals surface area contributed by atoms with Gasteiger partial charge in [-0.1, -0.05) is 23.2 Å². The van der Waals surface area contributed by atoms with Gasteiger partial charge in [-0.2, -0.15) is 0 Å². The summed E-state index contributed by atoms with van der Waals surface area (Å²) < 4.78 is 6.67. The summed E-state index contributed by atoms with van der Waals surface area (Å²) in [5.74, 6) is 0.269. The van der Waals surface area contributed by atoms with Crippen LogP contribution < -0.4 is 10.9 Å². The first-order chi connectivity index (χ1) is 13.6. The van der Waals surface area contributed by atoms with Gasteiger partial charge in [-0.05, 0) is 52.0 Å². The average molecular weight is 435 g/mol. The molecule has 1 amide bonds. The standard InChI is InChI=1S/C20H20Cl2N4O3/c1-11(24-19(28)29-20(2,3)4)17-25-16-14(22)8-7-13(21)15(16)18(27)26(17)12-6-5-9-23-10-12/h5-11H,1-4H3,(H,24,28)/t11-/m0/s1. The van der Waals surface area contributed by atoms with Gasteiger partial charge in [0.05, 0.1) is 38.9 Å². The Morgan fingerprint density at radius 3 is 2.52 bits per heavy atom. The molecule has 0 aliphatic heterocycles. The van der Waals surface area contributed by atoms with Gasteiger partial charge in [0.25, 0.3) is 5.56 Å². The number of rotatable bonds is 3. The first-order valence-corrected chi connectivity index (χ1v) is 9.64. The number of carbonyl (C=O) groups is 1. The van der Waals surface area contributed by atoms with Gasteiger partial charge in [-0.3, -0.25) is 14.3 Å². The minimum atomic E-state index is -0.669. The van der Waals surface area contributed by atoms with Crippen molar-refractivity contribution in [3.05, 3.63) is 62.9 Å². The number of aromatic nitrogens is 3. The molecule has 0 saturated carbocycles. The number of hydrogen-bond donors (Lipinski definition) is 1. The van der Waals surface area contributed by atoms with Crippen molar-refractivity contribution in [2.45, 2.75) is 39.3 Å². The number of carbonyl (C=O) groups excluding carboxylic acids is 1. The second-order valence-electron chi connectivity index (χ2n) is 7.44. The van der Waals surface area contributed by atoms with Gasteiger partial charge in [0.1, 0.15) is 11.4 Å². The van der Waals surface area contributed by atoms with Crippen molar-refractivity contribution in [1.29, 1.82) is 0 Å². The van der Waals surface area contributed by atoms with E-state index in [0.717, 1.165) is 0 Å². The molecule has 3 aromatic rings. The molecule has 0 unspecified atom stereocenters. The molecule has 9 heteroatoms. The van der Waals surface area contributed by atoms with E-state index < -0.39 is 23.3 Å². The van der Waals surface area contributed by atoms with Gasteiger partial charge in [0.2, 0.25) is 0 Å². The number of fused-ring (bicyclic) bond motifs is 1. The first-order valence-electron chi connectivity index (χ1n) is 8.89. The monoisotopic (exact) mass is 434 g/mol. The molecular weight excluding hydrogens is 415 g/mol. The van der Waals surface area contributed by atoms with Crippen molar-refractivity contribution in [3.63, 3.8) is 0 Å². The molecule has 1 aromatic carbocycles. The second kappa shape index (κ2) is 8.00. The predicted molar refractivity (Wildman–Crippen MR) is 113 cm³/mol.